The van der Waals surface area contributed by atoms with Gasteiger partial charge < -0.3 is 14.8 Å². The van der Waals surface area contributed by atoms with Crippen molar-refractivity contribution in [3.63, 3.8) is 0 Å². The molecule has 3 atom stereocenters. The number of nitrogens with one attached hydrogen (secondary N) is 1. The van der Waals surface area contributed by atoms with Crippen molar-refractivity contribution in [3.05, 3.63) is 29.8 Å². The van der Waals surface area contributed by atoms with E-state index in [-0.39, 0.29) is 30.4 Å². The van der Waals surface area contributed by atoms with Crippen molar-refractivity contribution in [2.45, 2.75) is 50.3 Å². The Balaban J connectivity index is 0.00000176. The number of morpholine rings is 1. The molecule has 1 aromatic carbocycles. The number of alkyl halides is 3. The largest absolute Gasteiger partial charge is 0.573 e. The molecule has 2 aliphatic rings. The number of hydrogen-bond acceptors (Lipinski definition) is 3. The average molecular weight is 338 g/mol. The molecule has 1 saturated carbocycles. The summed E-state index contributed by atoms with van der Waals surface area (Å²) in [7, 11) is 0. The zero-order valence-corrected chi connectivity index (χ0v) is 12.8. The highest BCUT2D eigenvalue weighted by molar-refractivity contribution is 5.85. The van der Waals surface area contributed by atoms with Crippen LogP contribution in [-0.2, 0) is 4.74 Å². The Morgan fingerprint density at radius 3 is 2.73 bits per heavy atom. The van der Waals surface area contributed by atoms with Gasteiger partial charge in [0.1, 0.15) is 5.75 Å². The zero-order valence-electron chi connectivity index (χ0n) is 11.9. The molecule has 1 heterocycles. The van der Waals surface area contributed by atoms with E-state index < -0.39 is 6.36 Å². The highest BCUT2D eigenvalue weighted by Crippen LogP contribution is 2.33. The van der Waals surface area contributed by atoms with Gasteiger partial charge in [0.15, 0.2) is 0 Å². The lowest BCUT2D eigenvalue weighted by atomic mass is 9.90. The molecule has 1 aliphatic heterocycles. The molecule has 0 spiro atoms. The molecule has 0 amide bonds. The third-order valence-electron chi connectivity index (χ3n) is 4.07. The van der Waals surface area contributed by atoms with Gasteiger partial charge in [0, 0.05) is 12.6 Å². The van der Waals surface area contributed by atoms with Crippen molar-refractivity contribution in [2.24, 2.45) is 0 Å². The van der Waals surface area contributed by atoms with E-state index in [1.165, 1.54) is 18.6 Å². The zero-order chi connectivity index (χ0) is 14.9. The number of hydrogen-bond donors (Lipinski definition) is 1. The van der Waals surface area contributed by atoms with Crippen molar-refractivity contribution in [1.29, 1.82) is 0 Å². The van der Waals surface area contributed by atoms with Crippen LogP contribution in [0.4, 0.5) is 13.2 Å². The van der Waals surface area contributed by atoms with E-state index in [1.807, 2.05) is 0 Å². The Morgan fingerprint density at radius 2 is 1.95 bits per heavy atom. The lowest BCUT2D eigenvalue weighted by Crippen LogP contribution is -2.50. The van der Waals surface area contributed by atoms with Crippen LogP contribution < -0.4 is 10.1 Å². The monoisotopic (exact) mass is 337 g/mol. The third-order valence-corrected chi connectivity index (χ3v) is 4.07. The maximum atomic E-state index is 12.3. The molecule has 0 bridgehead atoms. The fraction of sp³-hybridized carbons (Fsp3) is 0.600. The van der Waals surface area contributed by atoms with Crippen LogP contribution >= 0.6 is 12.4 Å². The fourth-order valence-electron chi connectivity index (χ4n) is 3.12. The molecule has 3 nitrogen and oxygen atoms in total. The maximum absolute atomic E-state index is 12.3. The smallest absolute Gasteiger partial charge is 0.406 e. The molecule has 1 saturated heterocycles. The molecule has 1 aliphatic carbocycles. The first kappa shape index (κ1) is 17.4. The van der Waals surface area contributed by atoms with E-state index in [0.29, 0.717) is 18.2 Å². The molecule has 1 N–H and O–H groups in total. The SMILES string of the molecule is Cl.FC(F)(F)Oc1cccc(C2CNC3CCCCC3O2)c1. The number of rotatable bonds is 2. The molecular formula is C15H19ClF3NO2. The minimum absolute atomic E-state index is 0. The molecule has 1 aromatic rings. The molecule has 124 valence electrons. The van der Waals surface area contributed by atoms with Crippen molar-refractivity contribution in [1.82, 2.24) is 5.32 Å². The van der Waals surface area contributed by atoms with Crippen LogP contribution in [-0.4, -0.2) is 25.1 Å². The van der Waals surface area contributed by atoms with Crippen molar-refractivity contribution in [2.75, 3.05) is 6.54 Å². The normalized spacial score (nSPS) is 28.4. The fourth-order valence-corrected chi connectivity index (χ4v) is 3.12. The summed E-state index contributed by atoms with van der Waals surface area (Å²) >= 11 is 0. The van der Waals surface area contributed by atoms with Gasteiger partial charge in [-0.05, 0) is 30.5 Å². The number of halogens is 4. The summed E-state index contributed by atoms with van der Waals surface area (Å²) in [5, 5.41) is 3.45. The van der Waals surface area contributed by atoms with E-state index in [9.17, 15) is 13.2 Å². The molecule has 0 radical (unpaired) electrons. The second kappa shape index (κ2) is 7.06. The Bertz CT molecular complexity index is 498. The van der Waals surface area contributed by atoms with Crippen molar-refractivity contribution >= 4 is 12.4 Å². The van der Waals surface area contributed by atoms with Gasteiger partial charge in [-0.15, -0.1) is 25.6 Å². The molecule has 2 fully saturated rings. The topological polar surface area (TPSA) is 30.5 Å². The number of fused-ring (bicyclic) bond motifs is 1. The second-order valence-corrected chi connectivity index (χ2v) is 5.58. The van der Waals surface area contributed by atoms with Crippen LogP contribution in [0.5, 0.6) is 5.75 Å². The number of ether oxygens (including phenoxy) is 2. The van der Waals surface area contributed by atoms with Crippen LogP contribution in [0.2, 0.25) is 0 Å². The highest BCUT2D eigenvalue weighted by Gasteiger charge is 2.34. The first-order valence-electron chi connectivity index (χ1n) is 7.26. The lowest BCUT2D eigenvalue weighted by Gasteiger charge is -2.40. The van der Waals surface area contributed by atoms with E-state index in [4.69, 9.17) is 4.74 Å². The summed E-state index contributed by atoms with van der Waals surface area (Å²) in [5.41, 5.74) is 0.716. The summed E-state index contributed by atoms with van der Waals surface area (Å²) in [5.74, 6) is -0.200. The van der Waals surface area contributed by atoms with Gasteiger partial charge >= 0.3 is 6.36 Å². The first-order valence-corrected chi connectivity index (χ1v) is 7.26. The number of benzene rings is 1. The van der Waals surface area contributed by atoms with Crippen LogP contribution in [0.25, 0.3) is 0 Å². The third kappa shape index (κ3) is 4.27. The lowest BCUT2D eigenvalue weighted by molar-refractivity contribution is -0.274. The van der Waals surface area contributed by atoms with E-state index in [2.05, 4.69) is 10.1 Å². The van der Waals surface area contributed by atoms with Gasteiger partial charge in [-0.3, -0.25) is 0 Å². The van der Waals surface area contributed by atoms with Crippen molar-refractivity contribution < 1.29 is 22.6 Å². The van der Waals surface area contributed by atoms with Crippen LogP contribution in [0.3, 0.4) is 0 Å². The van der Waals surface area contributed by atoms with Crippen LogP contribution in [0.1, 0.15) is 37.4 Å². The Hall–Kier alpha value is -0.980. The Kier molecular flexibility index (Phi) is 5.58. The van der Waals surface area contributed by atoms with Gasteiger partial charge in [0.05, 0.1) is 12.2 Å². The standard InChI is InChI=1S/C15H18F3NO2.ClH/c16-15(17,18)21-11-5-3-4-10(8-11)14-9-19-12-6-1-2-7-13(12)20-14;/h3-5,8,12-14,19H,1-2,6-7,9H2;1H. The first-order chi connectivity index (χ1) is 10.0. The minimum atomic E-state index is -4.67. The van der Waals surface area contributed by atoms with Crippen LogP contribution in [0.15, 0.2) is 24.3 Å². The molecule has 7 heteroatoms. The maximum Gasteiger partial charge on any atom is 0.573 e. The quantitative estimate of drug-likeness (QED) is 0.885. The molecule has 0 aromatic heterocycles. The van der Waals surface area contributed by atoms with E-state index in [0.717, 1.165) is 19.3 Å². The molecule has 3 unspecified atom stereocenters. The van der Waals surface area contributed by atoms with Crippen molar-refractivity contribution in [3.8, 4) is 5.75 Å². The average Bonchev–Trinajstić information content (AvgIpc) is 2.45. The summed E-state index contributed by atoms with van der Waals surface area (Å²) < 4.78 is 46.8. The summed E-state index contributed by atoms with van der Waals surface area (Å²) in [6.07, 6.45) is -0.268. The van der Waals surface area contributed by atoms with Gasteiger partial charge in [0.25, 0.3) is 0 Å². The highest BCUT2D eigenvalue weighted by atomic mass is 35.5. The summed E-state index contributed by atoms with van der Waals surface area (Å²) in [6, 6.07) is 6.43. The Labute approximate surface area is 133 Å². The predicted molar refractivity (Wildman–Crippen MR) is 78.2 cm³/mol. The molecule has 22 heavy (non-hydrogen) atoms. The van der Waals surface area contributed by atoms with Gasteiger partial charge in [-0.2, -0.15) is 0 Å². The summed E-state index contributed by atoms with van der Waals surface area (Å²) in [6.45, 7) is 0.622. The predicted octanol–water partition coefficient (Wildman–Crippen LogP) is 3.98. The van der Waals surface area contributed by atoms with Gasteiger partial charge in [-0.25, -0.2) is 0 Å². The van der Waals surface area contributed by atoms with E-state index >= 15 is 0 Å². The molecule has 3 rings (SSSR count). The summed E-state index contributed by atoms with van der Waals surface area (Å²) in [4.78, 5) is 0. The van der Waals surface area contributed by atoms with Crippen LogP contribution in [0, 0.1) is 0 Å². The van der Waals surface area contributed by atoms with Gasteiger partial charge in [-0.1, -0.05) is 25.0 Å². The molecular weight excluding hydrogens is 319 g/mol. The van der Waals surface area contributed by atoms with Gasteiger partial charge in [0.2, 0.25) is 0 Å². The minimum Gasteiger partial charge on any atom is -0.406 e. The second-order valence-electron chi connectivity index (χ2n) is 5.58. The van der Waals surface area contributed by atoms with E-state index in [1.54, 1.807) is 12.1 Å². The Morgan fingerprint density at radius 1 is 1.18 bits per heavy atom.